The van der Waals surface area contributed by atoms with Gasteiger partial charge in [0.15, 0.2) is 11.5 Å². The van der Waals surface area contributed by atoms with Crippen LogP contribution in [-0.2, 0) is 0 Å². The summed E-state index contributed by atoms with van der Waals surface area (Å²) in [4.78, 5) is 2.56. The van der Waals surface area contributed by atoms with E-state index >= 15 is 0 Å². The largest absolute Gasteiger partial charge is 0.493 e. The minimum Gasteiger partial charge on any atom is -0.493 e. The fourth-order valence-electron chi connectivity index (χ4n) is 2.83. The number of rotatable bonds is 4. The van der Waals surface area contributed by atoms with Crippen LogP contribution in [0.15, 0.2) is 18.2 Å². The molecule has 0 spiro atoms. The SMILES string of the molecule is COc1ccc([C@@H]2CCCN2C(C)C)cc1OC. The Bertz CT molecular complexity index is 403. The number of nitrogens with zero attached hydrogens (tertiary/aromatic N) is 1. The van der Waals surface area contributed by atoms with E-state index < -0.39 is 0 Å². The van der Waals surface area contributed by atoms with E-state index in [1.54, 1.807) is 14.2 Å². The monoisotopic (exact) mass is 249 g/mol. The zero-order valence-corrected chi connectivity index (χ0v) is 11.8. The van der Waals surface area contributed by atoms with Gasteiger partial charge in [-0.25, -0.2) is 0 Å². The van der Waals surface area contributed by atoms with Crippen molar-refractivity contribution in [3.8, 4) is 11.5 Å². The molecule has 0 bridgehead atoms. The number of hydrogen-bond acceptors (Lipinski definition) is 3. The van der Waals surface area contributed by atoms with Crippen LogP contribution in [0.4, 0.5) is 0 Å². The van der Waals surface area contributed by atoms with Gasteiger partial charge in [0.2, 0.25) is 0 Å². The predicted octanol–water partition coefficient (Wildman–Crippen LogP) is 3.25. The van der Waals surface area contributed by atoms with Gasteiger partial charge < -0.3 is 9.47 Å². The van der Waals surface area contributed by atoms with E-state index in [1.165, 1.54) is 24.9 Å². The fraction of sp³-hybridized carbons (Fsp3) is 0.600. The van der Waals surface area contributed by atoms with Gasteiger partial charge in [0.05, 0.1) is 14.2 Å². The van der Waals surface area contributed by atoms with E-state index in [-0.39, 0.29) is 0 Å². The third-order valence-corrected chi connectivity index (χ3v) is 3.75. The first-order valence-electron chi connectivity index (χ1n) is 6.65. The van der Waals surface area contributed by atoms with E-state index in [2.05, 4.69) is 30.9 Å². The van der Waals surface area contributed by atoms with Crippen molar-refractivity contribution >= 4 is 0 Å². The van der Waals surface area contributed by atoms with Gasteiger partial charge in [-0.2, -0.15) is 0 Å². The highest BCUT2D eigenvalue weighted by atomic mass is 16.5. The van der Waals surface area contributed by atoms with Crippen LogP contribution >= 0.6 is 0 Å². The number of ether oxygens (including phenoxy) is 2. The van der Waals surface area contributed by atoms with Gasteiger partial charge in [0.1, 0.15) is 0 Å². The summed E-state index contributed by atoms with van der Waals surface area (Å²) in [5, 5.41) is 0. The summed E-state index contributed by atoms with van der Waals surface area (Å²) in [5.41, 5.74) is 1.33. The molecule has 1 saturated heterocycles. The molecule has 0 saturated carbocycles. The van der Waals surface area contributed by atoms with Crippen LogP contribution in [0.25, 0.3) is 0 Å². The molecule has 0 unspecified atom stereocenters. The van der Waals surface area contributed by atoms with Crippen LogP contribution < -0.4 is 9.47 Å². The standard InChI is InChI=1S/C15H23NO2/c1-11(2)16-9-5-6-13(16)12-7-8-14(17-3)15(10-12)18-4/h7-8,10-11,13H,5-6,9H2,1-4H3/t13-/m0/s1. The van der Waals surface area contributed by atoms with Crippen LogP contribution in [0.2, 0.25) is 0 Å². The summed E-state index contributed by atoms with van der Waals surface area (Å²) in [6, 6.07) is 7.39. The Kier molecular flexibility index (Phi) is 4.12. The molecule has 3 heteroatoms. The molecule has 0 N–H and O–H groups in total. The number of methoxy groups -OCH3 is 2. The van der Waals surface area contributed by atoms with Crippen molar-refractivity contribution in [1.82, 2.24) is 4.90 Å². The second-order valence-corrected chi connectivity index (χ2v) is 5.10. The number of hydrogen-bond donors (Lipinski definition) is 0. The molecule has 0 aliphatic carbocycles. The second kappa shape index (κ2) is 5.61. The maximum absolute atomic E-state index is 5.39. The molecule has 100 valence electrons. The minimum absolute atomic E-state index is 0.518. The Labute approximate surface area is 110 Å². The molecule has 1 aromatic carbocycles. The lowest BCUT2D eigenvalue weighted by Crippen LogP contribution is -2.30. The summed E-state index contributed by atoms with van der Waals surface area (Å²) < 4.78 is 10.7. The van der Waals surface area contributed by atoms with Crippen molar-refractivity contribution in [2.45, 2.75) is 38.8 Å². The van der Waals surface area contributed by atoms with Gasteiger partial charge in [-0.05, 0) is 50.9 Å². The van der Waals surface area contributed by atoms with E-state index in [9.17, 15) is 0 Å². The van der Waals surface area contributed by atoms with E-state index in [4.69, 9.17) is 9.47 Å². The van der Waals surface area contributed by atoms with Gasteiger partial charge in [-0.15, -0.1) is 0 Å². The van der Waals surface area contributed by atoms with Gasteiger partial charge in [-0.1, -0.05) is 6.07 Å². The van der Waals surface area contributed by atoms with Crippen LogP contribution in [0, 0.1) is 0 Å². The Morgan fingerprint density at radius 2 is 1.89 bits per heavy atom. The molecule has 1 heterocycles. The average Bonchev–Trinajstić information content (AvgIpc) is 2.87. The highest BCUT2D eigenvalue weighted by Crippen LogP contribution is 2.37. The zero-order chi connectivity index (χ0) is 13.1. The average molecular weight is 249 g/mol. The highest BCUT2D eigenvalue weighted by Gasteiger charge is 2.28. The van der Waals surface area contributed by atoms with Crippen LogP contribution in [0.3, 0.4) is 0 Å². The van der Waals surface area contributed by atoms with Crippen LogP contribution in [0.1, 0.15) is 38.3 Å². The van der Waals surface area contributed by atoms with E-state index in [1.807, 2.05) is 6.07 Å². The van der Waals surface area contributed by atoms with Gasteiger partial charge in [-0.3, -0.25) is 4.90 Å². The lowest BCUT2D eigenvalue weighted by Gasteiger charge is -2.29. The third-order valence-electron chi connectivity index (χ3n) is 3.75. The first kappa shape index (κ1) is 13.2. The smallest absolute Gasteiger partial charge is 0.161 e. The van der Waals surface area contributed by atoms with Crippen molar-refractivity contribution in [3.05, 3.63) is 23.8 Å². The topological polar surface area (TPSA) is 21.7 Å². The highest BCUT2D eigenvalue weighted by molar-refractivity contribution is 5.44. The molecule has 1 fully saturated rings. The Morgan fingerprint density at radius 3 is 2.50 bits per heavy atom. The molecule has 0 amide bonds. The van der Waals surface area contributed by atoms with Crippen LogP contribution in [-0.4, -0.2) is 31.7 Å². The molecule has 0 aromatic heterocycles. The van der Waals surface area contributed by atoms with Crippen molar-refractivity contribution < 1.29 is 9.47 Å². The molecule has 2 rings (SSSR count). The summed E-state index contributed by atoms with van der Waals surface area (Å²) in [6.07, 6.45) is 2.50. The Hall–Kier alpha value is -1.22. The molecule has 1 aliphatic rings. The predicted molar refractivity (Wildman–Crippen MR) is 73.4 cm³/mol. The summed E-state index contributed by atoms with van der Waals surface area (Å²) in [7, 11) is 3.37. The number of benzene rings is 1. The molecule has 18 heavy (non-hydrogen) atoms. The zero-order valence-electron chi connectivity index (χ0n) is 11.8. The third kappa shape index (κ3) is 2.46. The molecule has 0 radical (unpaired) electrons. The van der Waals surface area contributed by atoms with Crippen molar-refractivity contribution in [2.24, 2.45) is 0 Å². The lowest BCUT2D eigenvalue weighted by molar-refractivity contribution is 0.205. The maximum atomic E-state index is 5.39. The van der Waals surface area contributed by atoms with Crippen molar-refractivity contribution in [1.29, 1.82) is 0 Å². The molecular weight excluding hydrogens is 226 g/mol. The van der Waals surface area contributed by atoms with Gasteiger partial charge in [0, 0.05) is 12.1 Å². The van der Waals surface area contributed by atoms with Crippen molar-refractivity contribution in [3.63, 3.8) is 0 Å². The molecular formula is C15H23NO2. The molecule has 1 aliphatic heterocycles. The second-order valence-electron chi connectivity index (χ2n) is 5.10. The maximum Gasteiger partial charge on any atom is 0.161 e. The fourth-order valence-corrected chi connectivity index (χ4v) is 2.83. The van der Waals surface area contributed by atoms with Gasteiger partial charge in [0.25, 0.3) is 0 Å². The van der Waals surface area contributed by atoms with E-state index in [0.29, 0.717) is 12.1 Å². The summed E-state index contributed by atoms with van der Waals surface area (Å²) in [5.74, 6) is 1.63. The first-order chi connectivity index (χ1) is 8.67. The quantitative estimate of drug-likeness (QED) is 0.817. The molecule has 1 aromatic rings. The minimum atomic E-state index is 0.518. The molecule has 1 atom stereocenters. The molecule has 3 nitrogen and oxygen atoms in total. The number of likely N-dealkylation sites (tertiary alicyclic amines) is 1. The Morgan fingerprint density at radius 1 is 1.17 bits per heavy atom. The summed E-state index contributed by atoms with van der Waals surface area (Å²) in [6.45, 7) is 5.72. The van der Waals surface area contributed by atoms with Crippen LogP contribution in [0.5, 0.6) is 11.5 Å². The Balaban J connectivity index is 2.27. The first-order valence-corrected chi connectivity index (χ1v) is 6.65. The van der Waals surface area contributed by atoms with Gasteiger partial charge >= 0.3 is 0 Å². The summed E-state index contributed by atoms with van der Waals surface area (Å²) >= 11 is 0. The lowest BCUT2D eigenvalue weighted by atomic mass is 10.0. The normalized spacial score (nSPS) is 20.4. The van der Waals surface area contributed by atoms with E-state index in [0.717, 1.165) is 11.5 Å². The van der Waals surface area contributed by atoms with Crippen molar-refractivity contribution in [2.75, 3.05) is 20.8 Å².